The number of ether oxygens (including phenoxy) is 5. The van der Waals surface area contributed by atoms with Crippen LogP contribution in [0.1, 0.15) is 155 Å². The van der Waals surface area contributed by atoms with Crippen LogP contribution in [-0.2, 0) is 47.7 Å². The Morgan fingerprint density at radius 1 is 0.642 bits per heavy atom. The minimum absolute atomic E-state index is 0.000400. The molecule has 0 aromatic heterocycles. The largest absolute Gasteiger partial charge is 0.378 e. The molecule has 0 aromatic carbocycles. The van der Waals surface area contributed by atoms with Crippen LogP contribution >= 0.6 is 0 Å². The summed E-state index contributed by atoms with van der Waals surface area (Å²) in [6, 6.07) is 0. The van der Waals surface area contributed by atoms with E-state index >= 15 is 0 Å². The van der Waals surface area contributed by atoms with Crippen LogP contribution in [0, 0.1) is 17.3 Å². The zero-order valence-corrected chi connectivity index (χ0v) is 36.0. The molecule has 0 saturated heterocycles. The molecule has 11 heteroatoms. The number of hydrogen-bond donors (Lipinski definition) is 1. The highest BCUT2D eigenvalue weighted by Crippen LogP contribution is 2.38. The molecule has 1 aliphatic rings. The molecule has 1 saturated carbocycles. The molecule has 0 aliphatic heterocycles. The highest BCUT2D eigenvalue weighted by Gasteiger charge is 2.42. The zero-order valence-electron chi connectivity index (χ0n) is 36.0. The quantitative estimate of drug-likeness (QED) is 0.0766. The molecule has 1 rings (SSSR count). The summed E-state index contributed by atoms with van der Waals surface area (Å²) < 4.78 is 30.6. The standard InChI is InChI=1S/C40H71NO10.C2H6/c1-13-30(42)15-18-47-25-40(26-48-19-16-31(43)14-2,27-49-20-17-34(44)28(3)4)41-35(45)23-38(9,10)50-32-21-33(22-32)51-39(11,12)24-37(7,8)36(46)29(5)6;1-2/h28-29,32-33H,13-27H2,1-12H3,(H,41,45);1-2H3. The molecule has 1 amide bonds. The number of ketones is 4. The van der Waals surface area contributed by atoms with Crippen LogP contribution in [0.15, 0.2) is 0 Å². The first-order valence-corrected chi connectivity index (χ1v) is 20.1. The predicted octanol–water partition coefficient (Wildman–Crippen LogP) is 7.42. The molecule has 1 N–H and O–H groups in total. The molecule has 53 heavy (non-hydrogen) atoms. The highest BCUT2D eigenvalue weighted by molar-refractivity contribution is 5.85. The Labute approximate surface area is 322 Å². The van der Waals surface area contributed by atoms with E-state index in [0.29, 0.717) is 32.1 Å². The van der Waals surface area contributed by atoms with E-state index in [4.69, 9.17) is 23.7 Å². The van der Waals surface area contributed by atoms with Gasteiger partial charge < -0.3 is 29.0 Å². The Hall–Kier alpha value is -2.05. The number of Topliss-reactive ketones (excluding diaryl/α,β-unsaturated/α-hetero) is 4. The lowest BCUT2D eigenvalue weighted by atomic mass is 9.75. The van der Waals surface area contributed by atoms with Crippen molar-refractivity contribution in [3.63, 3.8) is 0 Å². The van der Waals surface area contributed by atoms with E-state index in [0.717, 1.165) is 0 Å². The normalized spacial score (nSPS) is 16.5. The zero-order chi connectivity index (χ0) is 41.0. The van der Waals surface area contributed by atoms with Crippen LogP contribution in [0.4, 0.5) is 0 Å². The molecule has 0 heterocycles. The lowest BCUT2D eigenvalue weighted by molar-refractivity contribution is -0.193. The second-order valence-corrected chi connectivity index (χ2v) is 16.9. The Balaban J connectivity index is 0.0000133. The smallest absolute Gasteiger partial charge is 0.223 e. The minimum atomic E-state index is -1.13. The van der Waals surface area contributed by atoms with Crippen molar-refractivity contribution in [3.05, 3.63) is 0 Å². The Bertz CT molecular complexity index is 1100. The first-order chi connectivity index (χ1) is 24.6. The molecule has 1 fully saturated rings. The van der Waals surface area contributed by atoms with Gasteiger partial charge in [-0.1, -0.05) is 69.2 Å². The van der Waals surface area contributed by atoms with Crippen molar-refractivity contribution in [2.24, 2.45) is 17.3 Å². The summed E-state index contributed by atoms with van der Waals surface area (Å²) in [6.07, 6.45) is 3.49. The van der Waals surface area contributed by atoms with Crippen LogP contribution in [0.2, 0.25) is 0 Å². The Morgan fingerprint density at radius 3 is 1.45 bits per heavy atom. The van der Waals surface area contributed by atoms with E-state index in [2.05, 4.69) is 5.32 Å². The van der Waals surface area contributed by atoms with Crippen LogP contribution < -0.4 is 5.32 Å². The first kappa shape index (κ1) is 51.0. The van der Waals surface area contributed by atoms with Crippen LogP contribution in [-0.4, -0.2) is 97.6 Å². The lowest BCUT2D eigenvalue weighted by Crippen LogP contribution is -2.59. The van der Waals surface area contributed by atoms with Crippen molar-refractivity contribution < 1.29 is 47.7 Å². The van der Waals surface area contributed by atoms with Gasteiger partial charge in [0, 0.05) is 62.2 Å². The fourth-order valence-electron chi connectivity index (χ4n) is 6.58. The van der Waals surface area contributed by atoms with Crippen LogP contribution in [0.25, 0.3) is 0 Å². The second-order valence-electron chi connectivity index (χ2n) is 16.9. The summed E-state index contributed by atoms with van der Waals surface area (Å²) in [5.41, 5.74) is -2.91. The number of amides is 1. The number of carbonyl (C=O) groups is 5. The molecule has 0 aromatic rings. The van der Waals surface area contributed by atoms with E-state index < -0.39 is 22.2 Å². The molecule has 11 nitrogen and oxygen atoms in total. The van der Waals surface area contributed by atoms with Gasteiger partial charge in [-0.15, -0.1) is 0 Å². The van der Waals surface area contributed by atoms with Gasteiger partial charge in [0.05, 0.1) is 69.5 Å². The summed E-state index contributed by atoms with van der Waals surface area (Å²) >= 11 is 0. The fourth-order valence-corrected chi connectivity index (χ4v) is 6.58. The van der Waals surface area contributed by atoms with Gasteiger partial charge in [-0.3, -0.25) is 24.0 Å². The van der Waals surface area contributed by atoms with Crippen LogP contribution in [0.3, 0.4) is 0 Å². The molecule has 0 bridgehead atoms. The molecule has 0 atom stereocenters. The SMILES string of the molecule is CC.CCC(=O)CCOCC(COCCC(=O)CC)(COCCC(=O)C(C)C)NC(=O)CC(C)(C)OC1CC(OC(C)(C)CC(C)(C)C(=O)C(C)C)C1. The molecular formula is C42H77NO10. The number of hydrogen-bond acceptors (Lipinski definition) is 10. The van der Waals surface area contributed by atoms with Crippen molar-refractivity contribution in [3.8, 4) is 0 Å². The molecule has 0 spiro atoms. The maximum Gasteiger partial charge on any atom is 0.223 e. The third-order valence-corrected chi connectivity index (χ3v) is 9.18. The Morgan fingerprint density at radius 2 is 1.06 bits per heavy atom. The lowest BCUT2D eigenvalue weighted by Gasteiger charge is -2.45. The average molecular weight is 756 g/mol. The second kappa shape index (κ2) is 24.5. The van der Waals surface area contributed by atoms with Crippen molar-refractivity contribution in [2.75, 3.05) is 39.6 Å². The average Bonchev–Trinajstić information content (AvgIpc) is 3.04. The van der Waals surface area contributed by atoms with Gasteiger partial charge in [0.25, 0.3) is 0 Å². The Kier molecular flexibility index (Phi) is 23.5. The molecule has 310 valence electrons. The van der Waals surface area contributed by atoms with Gasteiger partial charge in [-0.25, -0.2) is 0 Å². The first-order valence-electron chi connectivity index (χ1n) is 20.1. The maximum absolute atomic E-state index is 13.7. The van der Waals surface area contributed by atoms with Crippen molar-refractivity contribution >= 4 is 29.0 Å². The van der Waals surface area contributed by atoms with E-state index in [9.17, 15) is 24.0 Å². The predicted molar refractivity (Wildman–Crippen MR) is 209 cm³/mol. The van der Waals surface area contributed by atoms with Gasteiger partial charge in [-0.2, -0.15) is 0 Å². The van der Waals surface area contributed by atoms with E-state index in [1.165, 1.54) is 0 Å². The van der Waals surface area contributed by atoms with Gasteiger partial charge >= 0.3 is 0 Å². The van der Waals surface area contributed by atoms with Gasteiger partial charge in [0.15, 0.2) is 0 Å². The van der Waals surface area contributed by atoms with E-state index in [1.807, 2.05) is 83.1 Å². The summed E-state index contributed by atoms with van der Waals surface area (Å²) in [5.74, 6) is -0.0177. The van der Waals surface area contributed by atoms with E-state index in [1.54, 1.807) is 13.8 Å². The van der Waals surface area contributed by atoms with Gasteiger partial charge in [-0.05, 0) is 34.1 Å². The highest BCUT2D eigenvalue weighted by atomic mass is 16.5. The summed E-state index contributed by atoms with van der Waals surface area (Å²) in [6.45, 7) is 27.4. The third-order valence-electron chi connectivity index (χ3n) is 9.18. The molecule has 1 aliphatic carbocycles. The fraction of sp³-hybridized carbons (Fsp3) is 0.881. The van der Waals surface area contributed by atoms with E-state index in [-0.39, 0.29) is 118 Å². The summed E-state index contributed by atoms with van der Waals surface area (Å²) in [5, 5.41) is 3.09. The van der Waals surface area contributed by atoms with Crippen LogP contribution in [0.5, 0.6) is 0 Å². The molecule has 0 radical (unpaired) electrons. The number of carbonyl (C=O) groups excluding carboxylic acids is 5. The number of nitrogens with one attached hydrogen (secondary N) is 1. The van der Waals surface area contributed by atoms with Gasteiger partial charge in [0.1, 0.15) is 28.7 Å². The maximum atomic E-state index is 13.7. The third kappa shape index (κ3) is 21.0. The van der Waals surface area contributed by atoms with Gasteiger partial charge in [0.2, 0.25) is 5.91 Å². The molecular weight excluding hydrogens is 678 g/mol. The minimum Gasteiger partial charge on any atom is -0.378 e. The molecule has 0 unspecified atom stereocenters. The monoisotopic (exact) mass is 756 g/mol. The van der Waals surface area contributed by atoms with Crippen molar-refractivity contribution in [2.45, 2.75) is 184 Å². The van der Waals surface area contributed by atoms with Crippen molar-refractivity contribution in [1.29, 1.82) is 0 Å². The summed E-state index contributed by atoms with van der Waals surface area (Å²) in [4.78, 5) is 62.5. The van der Waals surface area contributed by atoms with Crippen molar-refractivity contribution in [1.82, 2.24) is 5.32 Å². The number of rotatable bonds is 29. The summed E-state index contributed by atoms with van der Waals surface area (Å²) in [7, 11) is 0. The topological polar surface area (TPSA) is 144 Å².